The molecule has 1 fully saturated rings. The van der Waals surface area contributed by atoms with Gasteiger partial charge in [-0.1, -0.05) is 6.07 Å². The fourth-order valence-electron chi connectivity index (χ4n) is 1.91. The van der Waals surface area contributed by atoms with Crippen molar-refractivity contribution in [3.8, 4) is 0 Å². The van der Waals surface area contributed by atoms with Crippen LogP contribution in [0.5, 0.6) is 0 Å². The lowest BCUT2D eigenvalue weighted by atomic mass is 10.1. The Morgan fingerprint density at radius 2 is 2.05 bits per heavy atom. The van der Waals surface area contributed by atoms with Crippen LogP contribution in [0.2, 0.25) is 0 Å². The van der Waals surface area contributed by atoms with Gasteiger partial charge >= 0.3 is 0 Å². The first-order valence-corrected chi connectivity index (χ1v) is 6.02. The van der Waals surface area contributed by atoms with Crippen LogP contribution in [0.15, 0.2) is 18.2 Å². The summed E-state index contributed by atoms with van der Waals surface area (Å²) in [5.74, 6) is -3.44. The molecule has 0 radical (unpaired) electrons. The Hall–Kier alpha value is -2.31. The number of imide groups is 1. The van der Waals surface area contributed by atoms with E-state index in [1.807, 2.05) is 0 Å². The molecule has 1 heterocycles. The van der Waals surface area contributed by atoms with Crippen molar-refractivity contribution >= 4 is 17.7 Å². The van der Waals surface area contributed by atoms with Gasteiger partial charge in [-0.05, 0) is 24.1 Å². The van der Waals surface area contributed by atoms with Crippen molar-refractivity contribution in [2.45, 2.75) is 25.3 Å². The van der Waals surface area contributed by atoms with E-state index >= 15 is 0 Å². The SMILES string of the molecule is O=C1CCC(NC(=O)Cc2ccc(F)c(F)c2)C(=O)N1. The third-order valence-electron chi connectivity index (χ3n) is 2.92. The van der Waals surface area contributed by atoms with E-state index in [4.69, 9.17) is 0 Å². The molecule has 1 aliphatic heterocycles. The van der Waals surface area contributed by atoms with Crippen molar-refractivity contribution < 1.29 is 23.2 Å². The zero-order chi connectivity index (χ0) is 14.7. The maximum atomic E-state index is 13.0. The van der Waals surface area contributed by atoms with Gasteiger partial charge in [0, 0.05) is 6.42 Å². The van der Waals surface area contributed by atoms with Crippen molar-refractivity contribution in [1.82, 2.24) is 10.6 Å². The Labute approximate surface area is 113 Å². The Morgan fingerprint density at radius 1 is 1.30 bits per heavy atom. The molecule has 1 aromatic carbocycles. The maximum Gasteiger partial charge on any atom is 0.249 e. The fourth-order valence-corrected chi connectivity index (χ4v) is 1.91. The first-order chi connectivity index (χ1) is 9.45. The minimum Gasteiger partial charge on any atom is -0.344 e. The standard InChI is InChI=1S/C13H12F2N2O3/c14-8-2-1-7(5-9(8)15)6-12(19)16-10-3-4-11(18)17-13(10)20/h1-2,5,10H,3-4,6H2,(H,16,19)(H,17,18,20). The molecular formula is C13H12F2N2O3. The van der Waals surface area contributed by atoms with Crippen LogP contribution in [-0.4, -0.2) is 23.8 Å². The molecule has 1 unspecified atom stereocenters. The van der Waals surface area contributed by atoms with Gasteiger partial charge < -0.3 is 5.32 Å². The van der Waals surface area contributed by atoms with Crippen LogP contribution in [0.4, 0.5) is 8.78 Å². The van der Waals surface area contributed by atoms with Crippen molar-refractivity contribution in [1.29, 1.82) is 0 Å². The van der Waals surface area contributed by atoms with Crippen LogP contribution in [-0.2, 0) is 20.8 Å². The van der Waals surface area contributed by atoms with Gasteiger partial charge in [-0.25, -0.2) is 8.78 Å². The van der Waals surface area contributed by atoms with Crippen LogP contribution in [0.25, 0.3) is 0 Å². The first kappa shape index (κ1) is 14.1. The second kappa shape index (κ2) is 5.77. The van der Waals surface area contributed by atoms with Gasteiger partial charge in [0.2, 0.25) is 17.7 Å². The quantitative estimate of drug-likeness (QED) is 0.789. The molecule has 1 aromatic rings. The van der Waals surface area contributed by atoms with E-state index in [0.717, 1.165) is 12.1 Å². The predicted octanol–water partition coefficient (Wildman–Crippen LogP) is 0.429. The molecule has 1 aliphatic rings. The predicted molar refractivity (Wildman–Crippen MR) is 64.4 cm³/mol. The van der Waals surface area contributed by atoms with Gasteiger partial charge in [0.25, 0.3) is 0 Å². The zero-order valence-electron chi connectivity index (χ0n) is 10.4. The molecule has 5 nitrogen and oxygen atoms in total. The summed E-state index contributed by atoms with van der Waals surface area (Å²) in [6, 6.07) is 2.39. The number of benzene rings is 1. The minimum absolute atomic E-state index is 0.155. The maximum absolute atomic E-state index is 13.0. The average molecular weight is 282 g/mol. The molecule has 0 aliphatic carbocycles. The molecule has 2 N–H and O–H groups in total. The lowest BCUT2D eigenvalue weighted by Gasteiger charge is -2.21. The Balaban J connectivity index is 1.93. The number of carbonyl (C=O) groups is 3. The van der Waals surface area contributed by atoms with Gasteiger partial charge in [0.15, 0.2) is 11.6 Å². The molecule has 0 aromatic heterocycles. The minimum atomic E-state index is -1.03. The molecule has 0 saturated carbocycles. The van der Waals surface area contributed by atoms with Crippen LogP contribution in [0.1, 0.15) is 18.4 Å². The summed E-state index contributed by atoms with van der Waals surface area (Å²) < 4.78 is 25.7. The summed E-state index contributed by atoms with van der Waals surface area (Å²) in [5.41, 5.74) is 0.300. The number of halogens is 2. The van der Waals surface area contributed by atoms with Crippen molar-refractivity contribution in [3.63, 3.8) is 0 Å². The number of piperidine rings is 1. The number of hydrogen-bond acceptors (Lipinski definition) is 3. The summed E-state index contributed by atoms with van der Waals surface area (Å²) in [6.07, 6.45) is 0.213. The normalized spacial score (nSPS) is 18.6. The lowest BCUT2D eigenvalue weighted by molar-refractivity contribution is -0.137. The molecule has 1 saturated heterocycles. The van der Waals surface area contributed by atoms with E-state index in [-0.39, 0.29) is 25.2 Å². The van der Waals surface area contributed by atoms with Gasteiger partial charge in [-0.15, -0.1) is 0 Å². The van der Waals surface area contributed by atoms with E-state index in [1.165, 1.54) is 6.07 Å². The fraction of sp³-hybridized carbons (Fsp3) is 0.308. The average Bonchev–Trinajstić information content (AvgIpc) is 2.37. The first-order valence-electron chi connectivity index (χ1n) is 6.02. The summed E-state index contributed by atoms with van der Waals surface area (Å²) in [7, 11) is 0. The zero-order valence-corrected chi connectivity index (χ0v) is 10.4. The highest BCUT2D eigenvalue weighted by molar-refractivity contribution is 6.01. The number of hydrogen-bond donors (Lipinski definition) is 2. The van der Waals surface area contributed by atoms with Crippen LogP contribution >= 0.6 is 0 Å². The molecular weight excluding hydrogens is 270 g/mol. The molecule has 1 atom stereocenters. The molecule has 0 bridgehead atoms. The van der Waals surface area contributed by atoms with Crippen LogP contribution in [0.3, 0.4) is 0 Å². The molecule has 3 amide bonds. The summed E-state index contributed by atoms with van der Waals surface area (Å²) >= 11 is 0. The van der Waals surface area contributed by atoms with Crippen LogP contribution < -0.4 is 10.6 Å². The topological polar surface area (TPSA) is 75.3 Å². The van der Waals surface area contributed by atoms with E-state index < -0.39 is 29.5 Å². The van der Waals surface area contributed by atoms with E-state index in [1.54, 1.807) is 0 Å². The Bertz CT molecular complexity index is 575. The second-order valence-corrected chi connectivity index (χ2v) is 4.50. The molecule has 20 heavy (non-hydrogen) atoms. The monoisotopic (exact) mass is 282 g/mol. The highest BCUT2D eigenvalue weighted by Gasteiger charge is 2.27. The largest absolute Gasteiger partial charge is 0.344 e. The Morgan fingerprint density at radius 3 is 2.70 bits per heavy atom. The summed E-state index contributed by atoms with van der Waals surface area (Å²) in [6.45, 7) is 0. The highest BCUT2D eigenvalue weighted by atomic mass is 19.2. The third kappa shape index (κ3) is 3.37. The van der Waals surface area contributed by atoms with Gasteiger partial charge in [0.05, 0.1) is 6.42 Å². The van der Waals surface area contributed by atoms with E-state index in [2.05, 4.69) is 10.6 Å². The molecule has 106 valence electrons. The smallest absolute Gasteiger partial charge is 0.249 e. The number of carbonyl (C=O) groups excluding carboxylic acids is 3. The number of amides is 3. The molecule has 2 rings (SSSR count). The third-order valence-corrected chi connectivity index (χ3v) is 2.92. The van der Waals surface area contributed by atoms with E-state index in [9.17, 15) is 23.2 Å². The van der Waals surface area contributed by atoms with Crippen molar-refractivity contribution in [2.75, 3.05) is 0 Å². The lowest BCUT2D eigenvalue weighted by Crippen LogP contribution is -2.52. The van der Waals surface area contributed by atoms with E-state index in [0.29, 0.717) is 5.56 Å². The van der Waals surface area contributed by atoms with Crippen molar-refractivity contribution in [2.24, 2.45) is 0 Å². The summed E-state index contributed by atoms with van der Waals surface area (Å²) in [4.78, 5) is 34.1. The van der Waals surface area contributed by atoms with Gasteiger partial charge in [-0.2, -0.15) is 0 Å². The van der Waals surface area contributed by atoms with Crippen molar-refractivity contribution in [3.05, 3.63) is 35.4 Å². The van der Waals surface area contributed by atoms with Gasteiger partial charge in [0.1, 0.15) is 6.04 Å². The summed E-state index contributed by atoms with van der Waals surface area (Å²) in [5, 5.41) is 4.57. The van der Waals surface area contributed by atoms with Crippen LogP contribution in [0, 0.1) is 11.6 Å². The highest BCUT2D eigenvalue weighted by Crippen LogP contribution is 2.10. The number of nitrogens with one attached hydrogen (secondary N) is 2. The Kier molecular flexibility index (Phi) is 4.07. The second-order valence-electron chi connectivity index (χ2n) is 4.50. The molecule has 7 heteroatoms. The molecule has 0 spiro atoms. The van der Waals surface area contributed by atoms with Gasteiger partial charge in [-0.3, -0.25) is 19.7 Å². The number of rotatable bonds is 3.